The van der Waals surface area contributed by atoms with Crippen LogP contribution in [0.2, 0.25) is 0 Å². The largest absolute Gasteiger partial charge is 0.496 e. The van der Waals surface area contributed by atoms with E-state index in [0.29, 0.717) is 13.1 Å². The lowest BCUT2D eigenvalue weighted by Crippen LogP contribution is -2.44. The molecule has 3 rings (SSSR count). The number of methoxy groups -OCH3 is 1. The lowest BCUT2D eigenvalue weighted by Gasteiger charge is -2.28. The number of para-hydroxylation sites is 1. The summed E-state index contributed by atoms with van der Waals surface area (Å²) in [6.07, 6.45) is 3.54. The highest BCUT2D eigenvalue weighted by atomic mass is 16.5. The number of nitrogens with zero attached hydrogens (tertiary/aromatic N) is 2. The Morgan fingerprint density at radius 2 is 1.96 bits per heavy atom. The van der Waals surface area contributed by atoms with Gasteiger partial charge in [0.2, 0.25) is 0 Å². The minimum atomic E-state index is -0.621. The number of hydrogen-bond acceptors (Lipinski definition) is 4. The molecule has 136 valence electrons. The van der Waals surface area contributed by atoms with Gasteiger partial charge in [0.1, 0.15) is 11.3 Å². The molecule has 1 saturated heterocycles. The van der Waals surface area contributed by atoms with Crippen LogP contribution in [0.1, 0.15) is 44.2 Å². The highest BCUT2D eigenvalue weighted by molar-refractivity contribution is 6.07. The van der Waals surface area contributed by atoms with Gasteiger partial charge in [0.15, 0.2) is 0 Å². The van der Waals surface area contributed by atoms with E-state index in [1.165, 1.54) is 4.90 Å². The third-order valence-corrected chi connectivity index (χ3v) is 5.63. The van der Waals surface area contributed by atoms with E-state index in [0.717, 1.165) is 37.0 Å². The Bertz CT molecular complexity index is 655. The lowest BCUT2D eigenvalue weighted by atomic mass is 9.98. The molecular formula is C19H27N3O3. The number of benzene rings is 1. The second-order valence-corrected chi connectivity index (χ2v) is 7.07. The van der Waals surface area contributed by atoms with Crippen LogP contribution in [-0.4, -0.2) is 54.5 Å². The minimum absolute atomic E-state index is 0.0478. The minimum Gasteiger partial charge on any atom is -0.496 e. The van der Waals surface area contributed by atoms with E-state index in [2.05, 4.69) is 17.1 Å². The van der Waals surface area contributed by atoms with Crippen molar-refractivity contribution in [1.29, 1.82) is 0 Å². The first kappa shape index (κ1) is 17.7. The van der Waals surface area contributed by atoms with Gasteiger partial charge in [-0.2, -0.15) is 0 Å². The summed E-state index contributed by atoms with van der Waals surface area (Å²) in [5, 5.41) is 2.93. The average Bonchev–Trinajstić information content (AvgIpc) is 3.18. The first-order chi connectivity index (χ1) is 12.0. The SMILES string of the molecule is COc1ccccc1[C@@H](C)N(C)CCN1C(=O)NC2(CCCC2)C1=O. The van der Waals surface area contributed by atoms with Crippen LogP contribution in [0.3, 0.4) is 0 Å². The van der Waals surface area contributed by atoms with Gasteiger partial charge in [-0.1, -0.05) is 31.0 Å². The predicted octanol–water partition coefficient (Wildman–Crippen LogP) is 2.55. The van der Waals surface area contributed by atoms with Gasteiger partial charge < -0.3 is 10.1 Å². The molecule has 0 radical (unpaired) electrons. The summed E-state index contributed by atoms with van der Waals surface area (Å²) in [6.45, 7) is 3.12. The monoisotopic (exact) mass is 345 g/mol. The number of ether oxygens (including phenoxy) is 1. The second kappa shape index (κ2) is 7.04. The Balaban J connectivity index is 1.63. The van der Waals surface area contributed by atoms with E-state index in [-0.39, 0.29) is 18.0 Å². The molecule has 3 amide bonds. The van der Waals surface area contributed by atoms with Gasteiger partial charge in [-0.05, 0) is 32.9 Å². The second-order valence-electron chi connectivity index (χ2n) is 7.07. The number of urea groups is 1. The molecule has 2 fully saturated rings. The molecule has 2 aliphatic rings. The van der Waals surface area contributed by atoms with Gasteiger partial charge in [0.05, 0.1) is 7.11 Å². The molecule has 1 aliphatic carbocycles. The number of nitrogens with one attached hydrogen (secondary N) is 1. The molecule has 0 aromatic heterocycles. The Kier molecular flexibility index (Phi) is 4.99. The van der Waals surface area contributed by atoms with Gasteiger partial charge in [0.25, 0.3) is 5.91 Å². The van der Waals surface area contributed by atoms with Crippen molar-refractivity contribution in [1.82, 2.24) is 15.1 Å². The molecule has 1 N–H and O–H groups in total. The Labute approximate surface area is 149 Å². The topological polar surface area (TPSA) is 61.9 Å². The van der Waals surface area contributed by atoms with E-state index in [4.69, 9.17) is 4.74 Å². The van der Waals surface area contributed by atoms with Crippen LogP contribution in [0.4, 0.5) is 4.79 Å². The summed E-state index contributed by atoms with van der Waals surface area (Å²) >= 11 is 0. The number of hydrogen-bond donors (Lipinski definition) is 1. The average molecular weight is 345 g/mol. The molecule has 1 spiro atoms. The van der Waals surface area contributed by atoms with Crippen LogP contribution in [0.15, 0.2) is 24.3 Å². The molecular weight excluding hydrogens is 318 g/mol. The van der Waals surface area contributed by atoms with Crippen molar-refractivity contribution in [3.05, 3.63) is 29.8 Å². The van der Waals surface area contributed by atoms with Gasteiger partial charge in [-0.3, -0.25) is 14.6 Å². The smallest absolute Gasteiger partial charge is 0.325 e. The van der Waals surface area contributed by atoms with Crippen LogP contribution < -0.4 is 10.1 Å². The molecule has 1 atom stereocenters. The molecule has 1 aromatic carbocycles. The van der Waals surface area contributed by atoms with Crippen molar-refractivity contribution >= 4 is 11.9 Å². The molecule has 1 aromatic rings. The van der Waals surface area contributed by atoms with E-state index in [9.17, 15) is 9.59 Å². The van der Waals surface area contributed by atoms with Gasteiger partial charge in [-0.25, -0.2) is 4.79 Å². The predicted molar refractivity (Wildman–Crippen MR) is 95.5 cm³/mol. The van der Waals surface area contributed by atoms with E-state index in [1.54, 1.807) is 7.11 Å². The molecule has 6 nitrogen and oxygen atoms in total. The molecule has 0 bridgehead atoms. The zero-order valence-corrected chi connectivity index (χ0v) is 15.2. The molecule has 1 aliphatic heterocycles. The molecule has 0 unspecified atom stereocenters. The van der Waals surface area contributed by atoms with Crippen LogP contribution in [0.5, 0.6) is 5.75 Å². The fourth-order valence-corrected chi connectivity index (χ4v) is 3.90. The lowest BCUT2D eigenvalue weighted by molar-refractivity contribution is -0.131. The molecule has 6 heteroatoms. The van der Waals surface area contributed by atoms with E-state index >= 15 is 0 Å². The van der Waals surface area contributed by atoms with Gasteiger partial charge in [-0.15, -0.1) is 0 Å². The molecule has 1 heterocycles. The van der Waals surface area contributed by atoms with Gasteiger partial charge >= 0.3 is 6.03 Å². The normalized spacial score (nSPS) is 20.4. The fourth-order valence-electron chi connectivity index (χ4n) is 3.90. The quantitative estimate of drug-likeness (QED) is 0.805. The maximum absolute atomic E-state index is 12.7. The van der Waals surface area contributed by atoms with Crippen LogP contribution in [0, 0.1) is 0 Å². The summed E-state index contributed by atoms with van der Waals surface area (Å²) in [6, 6.07) is 7.80. The summed E-state index contributed by atoms with van der Waals surface area (Å²) < 4.78 is 5.44. The molecule has 25 heavy (non-hydrogen) atoms. The van der Waals surface area contributed by atoms with Crippen LogP contribution in [0.25, 0.3) is 0 Å². The maximum atomic E-state index is 12.7. The van der Waals surface area contributed by atoms with Crippen molar-refractivity contribution in [2.75, 3.05) is 27.2 Å². The number of rotatable bonds is 6. The Morgan fingerprint density at radius 3 is 2.64 bits per heavy atom. The standard InChI is InChI=1S/C19H27N3O3/c1-14(15-8-4-5-9-16(15)25-3)21(2)12-13-22-17(23)19(20-18(22)24)10-6-7-11-19/h4-5,8-9,14H,6-7,10-13H2,1-3H3,(H,20,24)/t14-/m1/s1. The van der Waals surface area contributed by atoms with E-state index < -0.39 is 5.54 Å². The van der Waals surface area contributed by atoms with Crippen molar-refractivity contribution in [2.45, 2.75) is 44.2 Å². The van der Waals surface area contributed by atoms with Crippen LogP contribution >= 0.6 is 0 Å². The number of carbonyl (C=O) groups is 2. The summed E-state index contributed by atoms with van der Waals surface area (Å²) in [4.78, 5) is 28.5. The first-order valence-corrected chi connectivity index (χ1v) is 8.96. The highest BCUT2D eigenvalue weighted by Gasteiger charge is 2.52. The van der Waals surface area contributed by atoms with Crippen LogP contribution in [-0.2, 0) is 4.79 Å². The number of imide groups is 1. The maximum Gasteiger partial charge on any atom is 0.325 e. The Hall–Kier alpha value is -2.08. The van der Waals surface area contributed by atoms with E-state index in [1.807, 2.05) is 31.3 Å². The fraction of sp³-hybridized carbons (Fsp3) is 0.579. The molecule has 1 saturated carbocycles. The first-order valence-electron chi connectivity index (χ1n) is 8.96. The third kappa shape index (κ3) is 3.23. The number of amides is 3. The Morgan fingerprint density at radius 1 is 1.28 bits per heavy atom. The summed E-state index contributed by atoms with van der Waals surface area (Å²) in [5.74, 6) is 0.801. The van der Waals surface area contributed by atoms with Crippen molar-refractivity contribution < 1.29 is 14.3 Å². The van der Waals surface area contributed by atoms with Crippen molar-refractivity contribution in [2.24, 2.45) is 0 Å². The zero-order chi connectivity index (χ0) is 18.0. The highest BCUT2D eigenvalue weighted by Crippen LogP contribution is 2.35. The summed E-state index contributed by atoms with van der Waals surface area (Å²) in [5.41, 5.74) is 0.473. The van der Waals surface area contributed by atoms with Crippen molar-refractivity contribution in [3.8, 4) is 5.75 Å². The third-order valence-electron chi connectivity index (χ3n) is 5.63. The number of carbonyl (C=O) groups excluding carboxylic acids is 2. The zero-order valence-electron chi connectivity index (χ0n) is 15.2. The van der Waals surface area contributed by atoms with Crippen molar-refractivity contribution in [3.63, 3.8) is 0 Å². The van der Waals surface area contributed by atoms with Gasteiger partial charge in [0, 0.05) is 24.7 Å². The summed E-state index contributed by atoms with van der Waals surface area (Å²) in [7, 11) is 3.67. The number of likely N-dealkylation sites (N-methyl/N-ethyl adjacent to an activating group) is 1.